The molecule has 21 heavy (non-hydrogen) atoms. The third-order valence-corrected chi connectivity index (χ3v) is 3.85. The summed E-state index contributed by atoms with van der Waals surface area (Å²) < 4.78 is 44.2. The first-order valence-electron chi connectivity index (χ1n) is 6.09. The van der Waals surface area contributed by atoms with Gasteiger partial charge >= 0.3 is 6.18 Å². The van der Waals surface area contributed by atoms with Crippen LogP contribution in [0.5, 0.6) is 5.75 Å². The van der Waals surface area contributed by atoms with Gasteiger partial charge in [0.05, 0.1) is 18.7 Å². The zero-order valence-corrected chi connectivity index (χ0v) is 12.7. The summed E-state index contributed by atoms with van der Waals surface area (Å²) in [6.45, 7) is 0. The van der Waals surface area contributed by atoms with Crippen LogP contribution in [-0.4, -0.2) is 7.11 Å². The summed E-state index contributed by atoms with van der Waals surface area (Å²) in [6, 6.07) is 9.69. The Balaban J connectivity index is 2.50. The highest BCUT2D eigenvalue weighted by Crippen LogP contribution is 2.36. The molecule has 0 aliphatic carbocycles. The Morgan fingerprint density at radius 2 is 1.76 bits per heavy atom. The lowest BCUT2D eigenvalue weighted by Crippen LogP contribution is -2.15. The Bertz CT molecular complexity index is 643. The molecule has 1 atom stereocenters. The van der Waals surface area contributed by atoms with Crippen molar-refractivity contribution in [1.29, 1.82) is 0 Å². The number of hydrogen-bond donors (Lipinski definition) is 1. The minimum atomic E-state index is -4.41. The van der Waals surface area contributed by atoms with Crippen LogP contribution in [0.3, 0.4) is 0 Å². The lowest BCUT2D eigenvalue weighted by atomic mass is 9.97. The van der Waals surface area contributed by atoms with Crippen molar-refractivity contribution in [2.75, 3.05) is 7.11 Å². The van der Waals surface area contributed by atoms with Crippen LogP contribution in [0.4, 0.5) is 13.2 Å². The van der Waals surface area contributed by atoms with Crippen molar-refractivity contribution in [1.82, 2.24) is 0 Å². The highest BCUT2D eigenvalue weighted by Gasteiger charge is 2.31. The fourth-order valence-corrected chi connectivity index (χ4v) is 2.54. The molecule has 112 valence electrons. The van der Waals surface area contributed by atoms with Gasteiger partial charge in [-0.3, -0.25) is 0 Å². The monoisotopic (exact) mass is 359 g/mol. The summed E-state index contributed by atoms with van der Waals surface area (Å²) in [4.78, 5) is 0. The lowest BCUT2D eigenvalue weighted by Gasteiger charge is -2.19. The van der Waals surface area contributed by atoms with Gasteiger partial charge in [0.2, 0.25) is 0 Å². The van der Waals surface area contributed by atoms with Gasteiger partial charge in [-0.15, -0.1) is 0 Å². The van der Waals surface area contributed by atoms with Crippen LogP contribution in [0.25, 0.3) is 0 Å². The third kappa shape index (κ3) is 3.39. The number of ether oxygens (including phenoxy) is 1. The van der Waals surface area contributed by atoms with E-state index in [1.54, 1.807) is 24.3 Å². The smallest absolute Gasteiger partial charge is 0.416 e. The maximum atomic E-state index is 12.8. The summed E-state index contributed by atoms with van der Waals surface area (Å²) in [5.74, 6) is 0.536. The molecule has 1 unspecified atom stereocenters. The fourth-order valence-electron chi connectivity index (χ4n) is 2.05. The van der Waals surface area contributed by atoms with Crippen LogP contribution in [0.1, 0.15) is 22.7 Å². The molecule has 0 amide bonds. The number of benzene rings is 2. The molecule has 2 N–H and O–H groups in total. The highest BCUT2D eigenvalue weighted by atomic mass is 79.9. The summed E-state index contributed by atoms with van der Waals surface area (Å²) in [5, 5.41) is 0. The molecule has 0 aromatic heterocycles. The number of halogens is 4. The van der Waals surface area contributed by atoms with E-state index in [9.17, 15) is 13.2 Å². The summed E-state index contributed by atoms with van der Waals surface area (Å²) in [7, 11) is 1.49. The van der Waals surface area contributed by atoms with Crippen LogP contribution in [0.15, 0.2) is 46.9 Å². The Hall–Kier alpha value is -1.53. The zero-order chi connectivity index (χ0) is 15.6. The van der Waals surface area contributed by atoms with Crippen molar-refractivity contribution in [3.63, 3.8) is 0 Å². The van der Waals surface area contributed by atoms with Gasteiger partial charge in [-0.05, 0) is 29.8 Å². The Kier molecular flexibility index (Phi) is 4.58. The zero-order valence-electron chi connectivity index (χ0n) is 11.1. The largest absolute Gasteiger partial charge is 0.496 e. The van der Waals surface area contributed by atoms with Gasteiger partial charge in [-0.1, -0.05) is 34.1 Å². The molecule has 6 heteroatoms. The molecule has 0 radical (unpaired) electrons. The van der Waals surface area contributed by atoms with Crippen LogP contribution in [0, 0.1) is 0 Å². The molecule has 0 aliphatic heterocycles. The molecule has 2 aromatic carbocycles. The second-order valence-electron chi connectivity index (χ2n) is 4.45. The average molecular weight is 360 g/mol. The van der Waals surface area contributed by atoms with E-state index in [1.165, 1.54) is 13.2 Å². The molecular weight excluding hydrogens is 347 g/mol. The second kappa shape index (κ2) is 6.07. The van der Waals surface area contributed by atoms with Gasteiger partial charge in [-0.2, -0.15) is 13.2 Å². The van der Waals surface area contributed by atoms with Crippen molar-refractivity contribution < 1.29 is 17.9 Å². The first-order valence-corrected chi connectivity index (χ1v) is 6.89. The molecule has 0 aliphatic rings. The van der Waals surface area contributed by atoms with Crippen LogP contribution < -0.4 is 10.5 Å². The molecule has 2 nitrogen and oxygen atoms in total. The number of methoxy groups -OCH3 is 1. The molecule has 0 bridgehead atoms. The summed E-state index contributed by atoms with van der Waals surface area (Å²) >= 11 is 3.25. The van der Waals surface area contributed by atoms with Gasteiger partial charge in [0.1, 0.15) is 5.75 Å². The first-order chi connectivity index (χ1) is 9.84. The van der Waals surface area contributed by atoms with E-state index in [-0.39, 0.29) is 0 Å². The van der Waals surface area contributed by atoms with Crippen molar-refractivity contribution in [2.45, 2.75) is 12.2 Å². The Labute approximate surface area is 128 Å². The predicted molar refractivity (Wildman–Crippen MR) is 78.2 cm³/mol. The van der Waals surface area contributed by atoms with E-state index in [1.807, 2.05) is 0 Å². The van der Waals surface area contributed by atoms with E-state index in [0.717, 1.165) is 12.1 Å². The van der Waals surface area contributed by atoms with Gasteiger partial charge < -0.3 is 10.5 Å². The van der Waals surface area contributed by atoms with E-state index in [2.05, 4.69) is 15.9 Å². The maximum Gasteiger partial charge on any atom is 0.416 e. The molecule has 0 heterocycles. The van der Waals surface area contributed by atoms with E-state index >= 15 is 0 Å². The molecule has 0 saturated carbocycles. The molecule has 0 fully saturated rings. The molecule has 0 saturated heterocycles. The predicted octanol–water partition coefficient (Wildman–Crippen LogP) is 4.52. The maximum absolute atomic E-state index is 12.8. The minimum absolute atomic E-state index is 0.356. The first kappa shape index (κ1) is 15.9. The normalized spacial score (nSPS) is 13.0. The van der Waals surface area contributed by atoms with Crippen molar-refractivity contribution in [3.05, 3.63) is 63.6 Å². The summed E-state index contributed by atoms with van der Waals surface area (Å²) in [5.41, 5.74) is 6.38. The van der Waals surface area contributed by atoms with Gasteiger partial charge in [0.15, 0.2) is 0 Å². The van der Waals surface area contributed by atoms with Crippen LogP contribution in [0.2, 0.25) is 0 Å². The number of rotatable bonds is 3. The SMILES string of the molecule is COc1ccccc1C(N)c1cc(C(F)(F)F)ccc1Br. The topological polar surface area (TPSA) is 35.2 Å². The average Bonchev–Trinajstić information content (AvgIpc) is 2.45. The number of hydrogen-bond acceptors (Lipinski definition) is 2. The lowest BCUT2D eigenvalue weighted by molar-refractivity contribution is -0.137. The highest BCUT2D eigenvalue weighted by molar-refractivity contribution is 9.10. The van der Waals surface area contributed by atoms with Crippen LogP contribution >= 0.6 is 15.9 Å². The van der Waals surface area contributed by atoms with Gasteiger partial charge in [0, 0.05) is 10.0 Å². The number of nitrogens with two attached hydrogens (primary N) is 1. The van der Waals surface area contributed by atoms with Crippen LogP contribution in [-0.2, 0) is 6.18 Å². The molecule has 2 rings (SSSR count). The molecule has 2 aromatic rings. The third-order valence-electron chi connectivity index (χ3n) is 3.13. The van der Waals surface area contributed by atoms with Crippen molar-refractivity contribution >= 4 is 15.9 Å². The Morgan fingerprint density at radius 1 is 1.10 bits per heavy atom. The van der Waals surface area contributed by atoms with Crippen molar-refractivity contribution in [2.24, 2.45) is 5.73 Å². The minimum Gasteiger partial charge on any atom is -0.496 e. The van der Waals surface area contributed by atoms with Crippen molar-refractivity contribution in [3.8, 4) is 5.75 Å². The van der Waals surface area contributed by atoms with E-state index in [0.29, 0.717) is 21.3 Å². The number of alkyl halides is 3. The van der Waals surface area contributed by atoms with E-state index in [4.69, 9.17) is 10.5 Å². The van der Waals surface area contributed by atoms with E-state index < -0.39 is 17.8 Å². The molecular formula is C15H13BrF3NO. The second-order valence-corrected chi connectivity index (χ2v) is 5.31. The summed E-state index contributed by atoms with van der Waals surface area (Å²) in [6.07, 6.45) is -4.41. The Morgan fingerprint density at radius 3 is 2.38 bits per heavy atom. The standard InChI is InChI=1S/C15H13BrF3NO/c1-21-13-5-3-2-4-10(13)14(20)11-8-9(15(17,18)19)6-7-12(11)16/h2-8,14H,20H2,1H3. The van der Waals surface area contributed by atoms with Gasteiger partial charge in [0.25, 0.3) is 0 Å². The fraction of sp³-hybridized carbons (Fsp3) is 0.200. The van der Waals surface area contributed by atoms with Gasteiger partial charge in [-0.25, -0.2) is 0 Å². The quantitative estimate of drug-likeness (QED) is 0.873. The number of para-hydroxylation sites is 1. The molecule has 0 spiro atoms.